The molecule has 1 heterocycles. The second-order valence-corrected chi connectivity index (χ2v) is 7.70. The first-order valence-corrected chi connectivity index (χ1v) is 8.43. The third-order valence-corrected chi connectivity index (χ3v) is 4.98. The van der Waals surface area contributed by atoms with Crippen LogP contribution >= 0.6 is 0 Å². The standard InChI is InChI=1S/C13H26N4O3S/c1-10(2)8-17(7-6-16(4)5)21(19,20)13-12(9-18)11(3)14-15-13/h10,18H,6-9H2,1-5H3,(H,14,15). The Hall–Kier alpha value is -0.960. The van der Waals surface area contributed by atoms with E-state index in [1.54, 1.807) is 6.92 Å². The number of hydrogen-bond donors (Lipinski definition) is 2. The first kappa shape index (κ1) is 18.1. The molecular formula is C13H26N4O3S. The van der Waals surface area contributed by atoms with Gasteiger partial charge in [-0.25, -0.2) is 8.42 Å². The van der Waals surface area contributed by atoms with E-state index in [9.17, 15) is 13.5 Å². The van der Waals surface area contributed by atoms with Crippen LogP contribution in [0.25, 0.3) is 0 Å². The van der Waals surface area contributed by atoms with Crippen LogP contribution < -0.4 is 0 Å². The maximum atomic E-state index is 12.8. The summed E-state index contributed by atoms with van der Waals surface area (Å²) in [5.41, 5.74) is 0.918. The first-order chi connectivity index (χ1) is 9.70. The third kappa shape index (κ3) is 4.50. The van der Waals surface area contributed by atoms with Crippen LogP contribution in [0.1, 0.15) is 25.1 Å². The minimum absolute atomic E-state index is 0.0677. The molecule has 0 bridgehead atoms. The SMILES string of the molecule is Cc1[nH]nc(S(=O)(=O)N(CCN(C)C)CC(C)C)c1CO. The fraction of sp³-hybridized carbons (Fsp3) is 0.769. The molecule has 21 heavy (non-hydrogen) atoms. The maximum absolute atomic E-state index is 12.8. The summed E-state index contributed by atoms with van der Waals surface area (Å²) in [5, 5.41) is 15.8. The van der Waals surface area contributed by atoms with Crippen molar-refractivity contribution >= 4 is 10.0 Å². The van der Waals surface area contributed by atoms with Crippen LogP contribution in [0.4, 0.5) is 0 Å². The van der Waals surface area contributed by atoms with Gasteiger partial charge in [0.1, 0.15) is 0 Å². The topological polar surface area (TPSA) is 89.5 Å². The van der Waals surface area contributed by atoms with Crippen molar-refractivity contribution in [3.05, 3.63) is 11.3 Å². The van der Waals surface area contributed by atoms with Gasteiger partial charge in [-0.15, -0.1) is 0 Å². The number of likely N-dealkylation sites (N-methyl/N-ethyl adjacent to an activating group) is 1. The van der Waals surface area contributed by atoms with E-state index in [1.165, 1.54) is 4.31 Å². The molecule has 0 spiro atoms. The third-order valence-electron chi connectivity index (χ3n) is 3.14. The molecule has 1 rings (SSSR count). The van der Waals surface area contributed by atoms with Gasteiger partial charge in [-0.3, -0.25) is 5.10 Å². The number of nitrogens with one attached hydrogen (secondary N) is 1. The molecule has 0 aliphatic heterocycles. The van der Waals surface area contributed by atoms with Crippen LogP contribution in [0, 0.1) is 12.8 Å². The lowest BCUT2D eigenvalue weighted by Crippen LogP contribution is -2.39. The van der Waals surface area contributed by atoms with Crippen molar-refractivity contribution in [2.75, 3.05) is 33.7 Å². The lowest BCUT2D eigenvalue weighted by atomic mass is 10.2. The van der Waals surface area contributed by atoms with Gasteiger partial charge >= 0.3 is 0 Å². The summed E-state index contributed by atoms with van der Waals surface area (Å²) in [4.78, 5) is 1.94. The predicted octanol–water partition coefficient (Wildman–Crippen LogP) is 0.419. The van der Waals surface area contributed by atoms with Crippen molar-refractivity contribution in [2.24, 2.45) is 5.92 Å². The molecule has 0 aliphatic carbocycles. The van der Waals surface area contributed by atoms with Crippen molar-refractivity contribution in [3.63, 3.8) is 0 Å². The Kier molecular flexibility index (Phi) is 6.33. The molecule has 0 radical (unpaired) electrons. The van der Waals surface area contributed by atoms with Gasteiger partial charge in [0, 0.05) is 30.9 Å². The van der Waals surface area contributed by atoms with Crippen molar-refractivity contribution in [3.8, 4) is 0 Å². The lowest BCUT2D eigenvalue weighted by molar-refractivity contribution is 0.276. The Morgan fingerprint density at radius 2 is 1.90 bits per heavy atom. The number of sulfonamides is 1. The monoisotopic (exact) mass is 318 g/mol. The van der Waals surface area contributed by atoms with Gasteiger partial charge in [-0.2, -0.15) is 9.40 Å². The number of aryl methyl sites for hydroxylation is 1. The van der Waals surface area contributed by atoms with Gasteiger partial charge in [0.25, 0.3) is 10.0 Å². The minimum atomic E-state index is -3.71. The first-order valence-electron chi connectivity index (χ1n) is 6.99. The molecule has 0 amide bonds. The molecular weight excluding hydrogens is 292 g/mol. The quantitative estimate of drug-likeness (QED) is 0.725. The van der Waals surface area contributed by atoms with Crippen LogP contribution in [-0.2, 0) is 16.6 Å². The lowest BCUT2D eigenvalue weighted by Gasteiger charge is -2.24. The fourth-order valence-corrected chi connectivity index (χ4v) is 3.73. The van der Waals surface area contributed by atoms with Gasteiger partial charge < -0.3 is 10.0 Å². The molecule has 7 nitrogen and oxygen atoms in total. The Labute approximate surface area is 127 Å². The van der Waals surface area contributed by atoms with Crippen LogP contribution in [0.2, 0.25) is 0 Å². The van der Waals surface area contributed by atoms with Gasteiger partial charge in [0.15, 0.2) is 5.03 Å². The maximum Gasteiger partial charge on any atom is 0.262 e. The van der Waals surface area contributed by atoms with Crippen molar-refractivity contribution in [1.82, 2.24) is 19.4 Å². The zero-order chi connectivity index (χ0) is 16.2. The van der Waals surface area contributed by atoms with E-state index in [0.29, 0.717) is 30.9 Å². The second-order valence-electron chi connectivity index (χ2n) is 5.85. The molecule has 1 aromatic rings. The van der Waals surface area contributed by atoms with E-state index in [2.05, 4.69) is 10.2 Å². The zero-order valence-electron chi connectivity index (χ0n) is 13.4. The molecule has 0 saturated carbocycles. The normalized spacial score (nSPS) is 12.8. The largest absolute Gasteiger partial charge is 0.392 e. The molecule has 0 saturated heterocycles. The Morgan fingerprint density at radius 1 is 1.29 bits per heavy atom. The number of hydrogen-bond acceptors (Lipinski definition) is 5. The van der Waals surface area contributed by atoms with E-state index in [1.807, 2.05) is 32.8 Å². The molecule has 1 aromatic heterocycles. The van der Waals surface area contributed by atoms with E-state index in [-0.39, 0.29) is 17.6 Å². The van der Waals surface area contributed by atoms with E-state index in [0.717, 1.165) is 0 Å². The highest BCUT2D eigenvalue weighted by Gasteiger charge is 2.30. The number of aliphatic hydroxyl groups excluding tert-OH is 1. The zero-order valence-corrected chi connectivity index (χ0v) is 14.2. The van der Waals surface area contributed by atoms with Gasteiger partial charge in [0.2, 0.25) is 0 Å². The summed E-state index contributed by atoms with van der Waals surface area (Å²) >= 11 is 0. The van der Waals surface area contributed by atoms with Crippen molar-refractivity contribution in [1.29, 1.82) is 0 Å². The predicted molar refractivity (Wildman–Crippen MR) is 81.4 cm³/mol. The highest BCUT2D eigenvalue weighted by molar-refractivity contribution is 7.89. The summed E-state index contributed by atoms with van der Waals surface area (Å²) in [6.45, 7) is 6.74. The summed E-state index contributed by atoms with van der Waals surface area (Å²) in [6, 6.07) is 0. The molecule has 0 atom stereocenters. The minimum Gasteiger partial charge on any atom is -0.392 e. The van der Waals surface area contributed by atoms with Crippen molar-refractivity contribution in [2.45, 2.75) is 32.4 Å². The average molecular weight is 318 g/mol. The summed E-state index contributed by atoms with van der Waals surface area (Å²) in [6.07, 6.45) is 0. The highest BCUT2D eigenvalue weighted by Crippen LogP contribution is 2.21. The second kappa shape index (κ2) is 7.35. The highest BCUT2D eigenvalue weighted by atomic mass is 32.2. The van der Waals surface area contributed by atoms with Crippen LogP contribution in [0.3, 0.4) is 0 Å². The Morgan fingerprint density at radius 3 is 2.38 bits per heavy atom. The average Bonchev–Trinajstić information content (AvgIpc) is 2.75. The number of aromatic nitrogens is 2. The Balaban J connectivity index is 3.13. The Bertz CT molecular complexity index is 552. The fourth-order valence-electron chi connectivity index (χ4n) is 1.98. The van der Waals surface area contributed by atoms with Crippen molar-refractivity contribution < 1.29 is 13.5 Å². The van der Waals surface area contributed by atoms with Gasteiger partial charge in [0.05, 0.1) is 6.61 Å². The summed E-state index contributed by atoms with van der Waals surface area (Å²) < 4.78 is 27.0. The number of nitrogens with zero attached hydrogens (tertiary/aromatic N) is 3. The molecule has 122 valence electrons. The van der Waals surface area contributed by atoms with E-state index >= 15 is 0 Å². The molecule has 0 aliphatic rings. The number of H-pyrrole nitrogens is 1. The number of aliphatic hydroxyl groups is 1. The van der Waals surface area contributed by atoms with E-state index < -0.39 is 10.0 Å². The smallest absolute Gasteiger partial charge is 0.262 e. The molecule has 0 aromatic carbocycles. The molecule has 0 fully saturated rings. The van der Waals surface area contributed by atoms with E-state index in [4.69, 9.17) is 0 Å². The summed E-state index contributed by atoms with van der Waals surface area (Å²) in [7, 11) is 0.0922. The van der Waals surface area contributed by atoms with Gasteiger partial charge in [-0.1, -0.05) is 13.8 Å². The van der Waals surface area contributed by atoms with Crippen LogP contribution in [0.5, 0.6) is 0 Å². The molecule has 2 N–H and O–H groups in total. The van der Waals surface area contributed by atoms with Crippen LogP contribution in [0.15, 0.2) is 5.03 Å². The summed E-state index contributed by atoms with van der Waals surface area (Å²) in [5.74, 6) is 0.208. The molecule has 0 unspecified atom stereocenters. The van der Waals surface area contributed by atoms with Gasteiger partial charge in [-0.05, 0) is 26.9 Å². The number of rotatable bonds is 8. The van der Waals surface area contributed by atoms with Crippen LogP contribution in [-0.4, -0.2) is 66.7 Å². The molecule has 8 heteroatoms. The number of aromatic amines is 1.